The van der Waals surface area contributed by atoms with Crippen molar-refractivity contribution in [2.45, 2.75) is 44.1 Å². The van der Waals surface area contributed by atoms with Gasteiger partial charge in [-0.2, -0.15) is 5.10 Å². The molecule has 0 N–H and O–H groups in total. The molecule has 0 spiro atoms. The number of nitrogens with zero attached hydrogens (tertiary/aromatic N) is 3. The van der Waals surface area contributed by atoms with Crippen molar-refractivity contribution in [1.29, 1.82) is 0 Å². The summed E-state index contributed by atoms with van der Waals surface area (Å²) in [6, 6.07) is 10.3. The number of carbonyl (C=O) groups excluding carboxylic acids is 1. The van der Waals surface area contributed by atoms with Gasteiger partial charge in [0, 0.05) is 30.2 Å². The molecule has 2 fully saturated rings. The van der Waals surface area contributed by atoms with Gasteiger partial charge in [0.1, 0.15) is 5.69 Å². The monoisotopic (exact) mass is 343 g/mol. The largest absolute Gasteiger partial charge is 0.336 e. The molecule has 1 aromatic heterocycles. The zero-order chi connectivity index (χ0) is 16.5. The molecular weight excluding hydrogens is 322 g/mol. The number of carbonyl (C=O) groups is 1. The highest BCUT2D eigenvalue weighted by atomic mass is 35.5. The summed E-state index contributed by atoms with van der Waals surface area (Å²) in [5, 5.41) is 5.30. The van der Waals surface area contributed by atoms with Crippen molar-refractivity contribution in [1.82, 2.24) is 14.7 Å². The van der Waals surface area contributed by atoms with Crippen LogP contribution < -0.4 is 0 Å². The molecule has 0 bridgehead atoms. The Balaban J connectivity index is 1.37. The van der Waals surface area contributed by atoms with E-state index >= 15 is 0 Å². The van der Waals surface area contributed by atoms with E-state index in [0.717, 1.165) is 18.1 Å². The number of benzene rings is 1. The van der Waals surface area contributed by atoms with E-state index in [-0.39, 0.29) is 5.91 Å². The fraction of sp³-hybridized carbons (Fsp3) is 0.474. The van der Waals surface area contributed by atoms with E-state index in [1.165, 1.54) is 37.7 Å². The lowest BCUT2D eigenvalue weighted by Crippen LogP contribution is -2.48. The Hall–Kier alpha value is -1.81. The fourth-order valence-electron chi connectivity index (χ4n) is 3.75. The van der Waals surface area contributed by atoms with Gasteiger partial charge in [-0.25, -0.2) is 0 Å². The Morgan fingerprint density at radius 2 is 1.75 bits per heavy atom. The minimum atomic E-state index is 0.0507. The molecule has 1 saturated carbocycles. The van der Waals surface area contributed by atoms with E-state index in [2.05, 4.69) is 5.10 Å². The van der Waals surface area contributed by atoms with Gasteiger partial charge in [-0.3, -0.25) is 9.48 Å². The normalized spacial score (nSPS) is 19.3. The number of halogens is 1. The van der Waals surface area contributed by atoms with Crippen LogP contribution in [0.25, 0.3) is 0 Å². The second kappa shape index (κ2) is 6.60. The zero-order valence-electron chi connectivity index (χ0n) is 13.7. The second-order valence-corrected chi connectivity index (χ2v) is 7.37. The number of rotatable bonds is 3. The van der Waals surface area contributed by atoms with Crippen LogP contribution in [0, 0.1) is 0 Å². The molecule has 1 aliphatic carbocycles. The summed E-state index contributed by atoms with van der Waals surface area (Å²) in [5.41, 5.74) is 1.83. The van der Waals surface area contributed by atoms with Gasteiger partial charge in [-0.1, -0.05) is 43.0 Å². The number of amides is 1. The summed E-state index contributed by atoms with van der Waals surface area (Å²) in [7, 11) is 0. The van der Waals surface area contributed by atoms with Crippen molar-refractivity contribution in [3.8, 4) is 0 Å². The Labute approximate surface area is 147 Å². The van der Waals surface area contributed by atoms with Gasteiger partial charge in [-0.05, 0) is 36.6 Å². The summed E-state index contributed by atoms with van der Waals surface area (Å²) in [5.74, 6) is 0.460. The van der Waals surface area contributed by atoms with Crippen molar-refractivity contribution in [2.24, 2.45) is 0 Å². The maximum absolute atomic E-state index is 12.6. The molecule has 126 valence electrons. The van der Waals surface area contributed by atoms with Gasteiger partial charge in [0.2, 0.25) is 0 Å². The zero-order valence-corrected chi connectivity index (χ0v) is 14.5. The summed E-state index contributed by atoms with van der Waals surface area (Å²) in [6.45, 7) is 1.52. The smallest absolute Gasteiger partial charge is 0.274 e. The van der Waals surface area contributed by atoms with Gasteiger partial charge in [-0.15, -0.1) is 0 Å². The van der Waals surface area contributed by atoms with E-state index in [9.17, 15) is 4.79 Å². The van der Waals surface area contributed by atoms with Crippen molar-refractivity contribution in [2.75, 3.05) is 13.1 Å². The van der Waals surface area contributed by atoms with Gasteiger partial charge < -0.3 is 4.90 Å². The van der Waals surface area contributed by atoms with Crippen LogP contribution in [0.4, 0.5) is 0 Å². The molecule has 0 radical (unpaired) electrons. The number of likely N-dealkylation sites (tertiary alicyclic amines) is 1. The summed E-state index contributed by atoms with van der Waals surface area (Å²) in [4.78, 5) is 14.5. The lowest BCUT2D eigenvalue weighted by atomic mass is 9.91. The maximum Gasteiger partial charge on any atom is 0.274 e. The highest BCUT2D eigenvalue weighted by Crippen LogP contribution is 2.30. The molecule has 0 atom stereocenters. The van der Waals surface area contributed by atoms with Crippen LogP contribution >= 0.6 is 11.6 Å². The van der Waals surface area contributed by atoms with Crippen LogP contribution in [0.3, 0.4) is 0 Å². The SMILES string of the molecule is O=C(c1ccn(C2CCCCC2)n1)N1CC(c2ccc(Cl)cc2)C1. The molecule has 2 aliphatic rings. The van der Waals surface area contributed by atoms with E-state index in [1.807, 2.05) is 46.1 Å². The van der Waals surface area contributed by atoms with Gasteiger partial charge in [0.25, 0.3) is 5.91 Å². The molecule has 2 heterocycles. The third-order valence-electron chi connectivity index (χ3n) is 5.29. The Kier molecular flexibility index (Phi) is 4.31. The highest BCUT2D eigenvalue weighted by Gasteiger charge is 2.33. The lowest BCUT2D eigenvalue weighted by molar-refractivity contribution is 0.0594. The maximum atomic E-state index is 12.6. The number of hydrogen-bond acceptors (Lipinski definition) is 2. The number of aromatic nitrogens is 2. The first-order chi connectivity index (χ1) is 11.7. The molecule has 1 aliphatic heterocycles. The standard InChI is InChI=1S/C19H22ClN3O/c20-16-8-6-14(7-9-16)15-12-22(13-15)19(24)18-10-11-23(21-18)17-4-2-1-3-5-17/h6-11,15,17H,1-5,12-13H2. The van der Waals surface area contributed by atoms with Crippen molar-refractivity contribution < 1.29 is 4.79 Å². The molecule has 2 aromatic rings. The molecule has 1 amide bonds. The molecule has 4 nitrogen and oxygen atoms in total. The molecule has 1 aromatic carbocycles. The van der Waals surface area contributed by atoms with Crippen LogP contribution in [0.2, 0.25) is 5.02 Å². The predicted octanol–water partition coefficient (Wildman–Crippen LogP) is 4.28. The van der Waals surface area contributed by atoms with Crippen LogP contribution in [0.5, 0.6) is 0 Å². The van der Waals surface area contributed by atoms with Crippen molar-refractivity contribution >= 4 is 17.5 Å². The Morgan fingerprint density at radius 3 is 2.46 bits per heavy atom. The van der Waals surface area contributed by atoms with E-state index in [0.29, 0.717) is 17.7 Å². The van der Waals surface area contributed by atoms with Crippen molar-refractivity contribution in [3.63, 3.8) is 0 Å². The molecule has 1 saturated heterocycles. The Bertz CT molecular complexity index is 712. The predicted molar refractivity (Wildman–Crippen MR) is 94.4 cm³/mol. The van der Waals surface area contributed by atoms with Gasteiger partial charge in [0.15, 0.2) is 0 Å². The van der Waals surface area contributed by atoms with E-state index in [1.54, 1.807) is 0 Å². The quantitative estimate of drug-likeness (QED) is 0.834. The summed E-state index contributed by atoms with van der Waals surface area (Å²) >= 11 is 5.93. The molecule has 0 unspecified atom stereocenters. The first kappa shape index (κ1) is 15.7. The lowest BCUT2D eigenvalue weighted by Gasteiger charge is -2.39. The van der Waals surface area contributed by atoms with Gasteiger partial charge in [0.05, 0.1) is 6.04 Å². The Morgan fingerprint density at radius 1 is 1.04 bits per heavy atom. The van der Waals surface area contributed by atoms with Crippen LogP contribution in [-0.4, -0.2) is 33.7 Å². The highest BCUT2D eigenvalue weighted by molar-refractivity contribution is 6.30. The number of hydrogen-bond donors (Lipinski definition) is 0. The average Bonchev–Trinajstić information content (AvgIpc) is 3.06. The first-order valence-electron chi connectivity index (χ1n) is 8.80. The van der Waals surface area contributed by atoms with E-state index in [4.69, 9.17) is 11.6 Å². The molecule has 5 heteroatoms. The van der Waals surface area contributed by atoms with Gasteiger partial charge >= 0.3 is 0 Å². The van der Waals surface area contributed by atoms with Crippen LogP contribution in [0.15, 0.2) is 36.5 Å². The minimum Gasteiger partial charge on any atom is -0.336 e. The van der Waals surface area contributed by atoms with Crippen molar-refractivity contribution in [3.05, 3.63) is 52.8 Å². The minimum absolute atomic E-state index is 0.0507. The molecule has 4 rings (SSSR count). The summed E-state index contributed by atoms with van der Waals surface area (Å²) in [6.07, 6.45) is 8.18. The molecule has 24 heavy (non-hydrogen) atoms. The third kappa shape index (κ3) is 3.07. The second-order valence-electron chi connectivity index (χ2n) is 6.93. The third-order valence-corrected chi connectivity index (χ3v) is 5.54. The molecular formula is C19H22ClN3O. The topological polar surface area (TPSA) is 38.1 Å². The average molecular weight is 344 g/mol. The first-order valence-corrected chi connectivity index (χ1v) is 9.18. The summed E-state index contributed by atoms with van der Waals surface area (Å²) < 4.78 is 2.00. The fourth-order valence-corrected chi connectivity index (χ4v) is 3.88. The van der Waals surface area contributed by atoms with Crippen LogP contribution in [0.1, 0.15) is 60.1 Å². The van der Waals surface area contributed by atoms with Crippen LogP contribution in [-0.2, 0) is 0 Å². The van der Waals surface area contributed by atoms with E-state index < -0.39 is 0 Å².